The predicted octanol–water partition coefficient (Wildman–Crippen LogP) is -1.95. The molecule has 5 amide bonds. The van der Waals surface area contributed by atoms with Crippen LogP contribution in [0.4, 0.5) is 0 Å². The first-order valence-corrected chi connectivity index (χ1v) is 13.2. The van der Waals surface area contributed by atoms with Crippen molar-refractivity contribution in [1.82, 2.24) is 20.9 Å². The van der Waals surface area contributed by atoms with Crippen molar-refractivity contribution in [3.05, 3.63) is 0 Å². The van der Waals surface area contributed by atoms with Gasteiger partial charge in [-0.3, -0.25) is 29.0 Å². The van der Waals surface area contributed by atoms with Crippen LogP contribution in [0.1, 0.15) is 71.1 Å². The SMILES string of the molecule is CCCCCC(=O)NCC(=O)N[C@@H](CCC(N)=O)C(=O)N1CCC[C@H]1C(=O)N[C@@H](CCCN=C(N)N)C(=O)O. The summed E-state index contributed by atoms with van der Waals surface area (Å²) in [4.78, 5) is 78.8. The summed E-state index contributed by atoms with van der Waals surface area (Å²) in [5.41, 5.74) is 15.7. The average molecular weight is 555 g/mol. The quantitative estimate of drug-likeness (QED) is 0.0563. The summed E-state index contributed by atoms with van der Waals surface area (Å²) < 4.78 is 0. The number of hydrogen-bond acceptors (Lipinski definition) is 7. The summed E-state index contributed by atoms with van der Waals surface area (Å²) in [7, 11) is 0. The number of aliphatic imine (C=N–C) groups is 1. The second kappa shape index (κ2) is 17.6. The van der Waals surface area contributed by atoms with Crippen LogP contribution in [0, 0.1) is 0 Å². The first kappa shape index (κ1) is 33.1. The van der Waals surface area contributed by atoms with E-state index >= 15 is 0 Å². The van der Waals surface area contributed by atoms with Crippen molar-refractivity contribution in [2.24, 2.45) is 22.2 Å². The number of likely N-dealkylation sites (tertiary alicyclic amines) is 1. The number of guanidine groups is 1. The molecule has 1 aliphatic heterocycles. The van der Waals surface area contributed by atoms with E-state index in [-0.39, 0.29) is 57.2 Å². The molecule has 1 rings (SSSR count). The second-order valence-corrected chi connectivity index (χ2v) is 9.40. The highest BCUT2D eigenvalue weighted by Gasteiger charge is 2.38. The normalized spacial score (nSPS) is 16.0. The third-order valence-corrected chi connectivity index (χ3v) is 6.16. The number of carboxylic acid groups (broad SMARTS) is 1. The second-order valence-electron chi connectivity index (χ2n) is 9.40. The number of nitrogens with one attached hydrogen (secondary N) is 3. The minimum Gasteiger partial charge on any atom is -0.480 e. The highest BCUT2D eigenvalue weighted by Crippen LogP contribution is 2.20. The number of aliphatic carboxylic acids is 1. The van der Waals surface area contributed by atoms with Crippen LogP contribution in [0.25, 0.3) is 0 Å². The van der Waals surface area contributed by atoms with Gasteiger partial charge in [0.25, 0.3) is 0 Å². The predicted molar refractivity (Wildman–Crippen MR) is 142 cm³/mol. The molecule has 0 spiro atoms. The smallest absolute Gasteiger partial charge is 0.326 e. The van der Waals surface area contributed by atoms with Crippen molar-refractivity contribution in [2.45, 2.75) is 89.3 Å². The van der Waals surface area contributed by atoms with Crippen molar-refractivity contribution in [2.75, 3.05) is 19.6 Å². The van der Waals surface area contributed by atoms with Crippen molar-refractivity contribution < 1.29 is 33.9 Å². The third kappa shape index (κ3) is 12.9. The van der Waals surface area contributed by atoms with Gasteiger partial charge in [0.1, 0.15) is 18.1 Å². The lowest BCUT2D eigenvalue weighted by Crippen LogP contribution is -2.56. The van der Waals surface area contributed by atoms with E-state index in [2.05, 4.69) is 20.9 Å². The average Bonchev–Trinajstić information content (AvgIpc) is 3.36. The molecule has 0 unspecified atom stereocenters. The van der Waals surface area contributed by atoms with Crippen LogP contribution in [0.15, 0.2) is 4.99 Å². The maximum atomic E-state index is 13.4. The molecular weight excluding hydrogens is 512 g/mol. The minimum atomic E-state index is -1.24. The molecular formula is C24H42N8O7. The Morgan fingerprint density at radius 3 is 2.28 bits per heavy atom. The molecule has 15 heteroatoms. The molecule has 0 aromatic carbocycles. The fraction of sp³-hybridized carbons (Fsp3) is 0.708. The van der Waals surface area contributed by atoms with Crippen molar-refractivity contribution >= 4 is 41.5 Å². The van der Waals surface area contributed by atoms with Crippen LogP contribution in [-0.4, -0.2) is 89.2 Å². The van der Waals surface area contributed by atoms with E-state index in [1.165, 1.54) is 4.90 Å². The topological polar surface area (TPSA) is 252 Å². The summed E-state index contributed by atoms with van der Waals surface area (Å²) in [5.74, 6) is -4.21. The monoisotopic (exact) mass is 554 g/mol. The molecule has 1 aliphatic rings. The number of rotatable bonds is 18. The van der Waals surface area contributed by atoms with Crippen molar-refractivity contribution in [1.29, 1.82) is 0 Å². The summed E-state index contributed by atoms with van der Waals surface area (Å²) in [5, 5.41) is 17.0. The van der Waals surface area contributed by atoms with Gasteiger partial charge in [-0.05, 0) is 38.5 Å². The first-order valence-electron chi connectivity index (χ1n) is 13.2. The van der Waals surface area contributed by atoms with Crippen LogP contribution in [0.5, 0.6) is 0 Å². The van der Waals surface area contributed by atoms with Crippen LogP contribution < -0.4 is 33.2 Å². The summed E-state index contributed by atoms with van der Waals surface area (Å²) in [6, 6.07) is -3.33. The molecule has 0 aliphatic carbocycles. The zero-order chi connectivity index (χ0) is 29.4. The summed E-state index contributed by atoms with van der Waals surface area (Å²) in [6.07, 6.45) is 3.67. The van der Waals surface area contributed by atoms with Gasteiger partial charge in [0, 0.05) is 25.9 Å². The molecule has 1 saturated heterocycles. The zero-order valence-electron chi connectivity index (χ0n) is 22.4. The van der Waals surface area contributed by atoms with Crippen LogP contribution in [0.3, 0.4) is 0 Å². The van der Waals surface area contributed by atoms with Gasteiger partial charge in [-0.2, -0.15) is 0 Å². The van der Waals surface area contributed by atoms with Crippen molar-refractivity contribution in [3.63, 3.8) is 0 Å². The number of hydrogen-bond donors (Lipinski definition) is 7. The standard InChI is InChI=1S/C24H42N8O7/c1-2-3-4-9-19(34)29-14-20(35)30-15(10-11-18(25)33)22(37)32-13-6-8-17(32)21(36)31-16(23(38)39)7-5-12-28-24(26)27/h15-17H,2-14H2,1H3,(H2,25,33)(H,29,34)(H,30,35)(H,31,36)(H,38,39)(H4,26,27,28)/t15-,16-,17-/m0/s1. The van der Waals surface area contributed by atoms with Gasteiger partial charge in [0.2, 0.25) is 29.5 Å². The van der Waals surface area contributed by atoms with Crippen molar-refractivity contribution in [3.8, 4) is 0 Å². The molecule has 0 radical (unpaired) electrons. The number of unbranched alkanes of at least 4 members (excludes halogenated alkanes) is 2. The molecule has 0 aromatic heterocycles. The van der Waals surface area contributed by atoms with E-state index in [9.17, 15) is 33.9 Å². The van der Waals surface area contributed by atoms with E-state index in [0.717, 1.165) is 12.8 Å². The summed E-state index contributed by atoms with van der Waals surface area (Å²) >= 11 is 0. The molecule has 220 valence electrons. The number of carbonyl (C=O) groups is 6. The molecule has 0 aromatic rings. The Balaban J connectivity index is 2.83. The van der Waals surface area contributed by atoms with Gasteiger partial charge in [-0.25, -0.2) is 4.79 Å². The fourth-order valence-corrected chi connectivity index (χ4v) is 4.12. The van der Waals surface area contributed by atoms with Crippen LogP contribution in [0.2, 0.25) is 0 Å². The Hall–Kier alpha value is -3.91. The molecule has 1 fully saturated rings. The third-order valence-electron chi connectivity index (χ3n) is 6.16. The minimum absolute atomic E-state index is 0.0694. The lowest BCUT2D eigenvalue weighted by atomic mass is 10.1. The lowest BCUT2D eigenvalue weighted by Gasteiger charge is -2.29. The Morgan fingerprint density at radius 2 is 1.67 bits per heavy atom. The zero-order valence-corrected chi connectivity index (χ0v) is 22.4. The number of carboxylic acids is 1. The molecule has 15 nitrogen and oxygen atoms in total. The number of carbonyl (C=O) groups excluding carboxylic acids is 5. The fourth-order valence-electron chi connectivity index (χ4n) is 4.12. The molecule has 10 N–H and O–H groups in total. The molecule has 1 heterocycles. The van der Waals surface area contributed by atoms with E-state index in [1.807, 2.05) is 6.92 Å². The lowest BCUT2D eigenvalue weighted by molar-refractivity contribution is -0.145. The van der Waals surface area contributed by atoms with Gasteiger partial charge in [0.05, 0.1) is 6.54 Å². The highest BCUT2D eigenvalue weighted by atomic mass is 16.4. The molecule has 39 heavy (non-hydrogen) atoms. The van der Waals surface area contributed by atoms with Crippen LogP contribution in [-0.2, 0) is 28.8 Å². The van der Waals surface area contributed by atoms with Gasteiger partial charge < -0.3 is 43.2 Å². The van der Waals surface area contributed by atoms with Gasteiger partial charge in [-0.15, -0.1) is 0 Å². The molecule has 3 atom stereocenters. The van der Waals surface area contributed by atoms with Gasteiger partial charge >= 0.3 is 5.97 Å². The Morgan fingerprint density at radius 1 is 0.949 bits per heavy atom. The number of nitrogens with two attached hydrogens (primary N) is 3. The number of nitrogens with zero attached hydrogens (tertiary/aromatic N) is 2. The summed E-state index contributed by atoms with van der Waals surface area (Å²) in [6.45, 7) is 2.05. The largest absolute Gasteiger partial charge is 0.480 e. The van der Waals surface area contributed by atoms with E-state index in [0.29, 0.717) is 25.7 Å². The van der Waals surface area contributed by atoms with Crippen LogP contribution >= 0.6 is 0 Å². The molecule has 0 bridgehead atoms. The molecule has 0 saturated carbocycles. The van der Waals surface area contributed by atoms with Gasteiger partial charge in [0.15, 0.2) is 5.96 Å². The maximum Gasteiger partial charge on any atom is 0.326 e. The highest BCUT2D eigenvalue weighted by molar-refractivity contribution is 5.94. The van der Waals surface area contributed by atoms with E-state index in [4.69, 9.17) is 17.2 Å². The Bertz CT molecular complexity index is 907. The Kier molecular flexibility index (Phi) is 14.9. The first-order chi connectivity index (χ1) is 18.5. The van der Waals surface area contributed by atoms with Gasteiger partial charge in [-0.1, -0.05) is 19.8 Å². The Labute approximate surface area is 227 Å². The van der Waals surface area contributed by atoms with E-state index < -0.39 is 47.7 Å². The van der Waals surface area contributed by atoms with E-state index in [1.54, 1.807) is 0 Å². The maximum absolute atomic E-state index is 13.4. The number of primary amides is 1. The number of amides is 5.